The van der Waals surface area contributed by atoms with Crippen molar-refractivity contribution in [3.05, 3.63) is 0 Å². The Balaban J connectivity index is 2.01. The molecule has 1 rings (SSSR count). The number of nitrogens with one attached hydrogen (secondary N) is 3. The third-order valence-electron chi connectivity index (χ3n) is 3.03. The minimum atomic E-state index is -0.674. The van der Waals surface area contributed by atoms with Crippen LogP contribution in [-0.2, 0) is 19.1 Å². The molecule has 0 spiro atoms. The molecule has 0 bridgehead atoms. The molecule has 0 saturated carbocycles. The molecule has 0 aromatic rings. The average molecular weight is 300 g/mol. The Morgan fingerprint density at radius 3 is 2.14 bits per heavy atom. The minimum absolute atomic E-state index is 0.170. The van der Waals surface area contributed by atoms with Gasteiger partial charge < -0.3 is 20.7 Å². The van der Waals surface area contributed by atoms with Crippen LogP contribution in [0.4, 0.5) is 0 Å². The highest BCUT2D eigenvalue weighted by Crippen LogP contribution is 1.97. The standard InChI is InChI=1S/C13H24N4O4/c1-11(18)14-4-5-16-13(20)12(19)15-3-2-6-17-7-9-21-10-8-17/h2-10H2,1H3,(H,14,18)(H,15,19)(H,16,20). The van der Waals surface area contributed by atoms with Gasteiger partial charge in [-0.3, -0.25) is 19.3 Å². The van der Waals surface area contributed by atoms with Crippen LogP contribution in [0.15, 0.2) is 0 Å². The SMILES string of the molecule is CC(=O)NCCNC(=O)C(=O)NCCCN1CCOCC1. The Morgan fingerprint density at radius 1 is 0.952 bits per heavy atom. The number of ether oxygens (including phenoxy) is 1. The molecule has 0 aliphatic carbocycles. The van der Waals surface area contributed by atoms with Gasteiger partial charge in [-0.1, -0.05) is 0 Å². The van der Waals surface area contributed by atoms with Crippen molar-refractivity contribution in [3.8, 4) is 0 Å². The number of nitrogens with zero attached hydrogens (tertiary/aromatic N) is 1. The smallest absolute Gasteiger partial charge is 0.309 e. The van der Waals surface area contributed by atoms with Crippen molar-refractivity contribution in [2.75, 3.05) is 52.5 Å². The number of rotatable bonds is 7. The van der Waals surface area contributed by atoms with Crippen molar-refractivity contribution in [1.82, 2.24) is 20.9 Å². The molecular formula is C13H24N4O4. The van der Waals surface area contributed by atoms with E-state index in [1.807, 2.05) is 0 Å². The van der Waals surface area contributed by atoms with E-state index in [2.05, 4.69) is 20.9 Å². The third kappa shape index (κ3) is 8.26. The van der Waals surface area contributed by atoms with E-state index in [9.17, 15) is 14.4 Å². The van der Waals surface area contributed by atoms with Crippen molar-refractivity contribution in [3.63, 3.8) is 0 Å². The summed E-state index contributed by atoms with van der Waals surface area (Å²) in [5, 5.41) is 7.54. The molecule has 3 amide bonds. The number of amides is 3. The highest BCUT2D eigenvalue weighted by atomic mass is 16.5. The highest BCUT2D eigenvalue weighted by molar-refractivity contribution is 6.35. The first kappa shape index (κ1) is 17.4. The van der Waals surface area contributed by atoms with Crippen molar-refractivity contribution in [2.24, 2.45) is 0 Å². The van der Waals surface area contributed by atoms with Gasteiger partial charge >= 0.3 is 11.8 Å². The quantitative estimate of drug-likeness (QED) is 0.376. The maximum absolute atomic E-state index is 11.5. The van der Waals surface area contributed by atoms with Gasteiger partial charge in [0.15, 0.2) is 0 Å². The second-order valence-electron chi connectivity index (χ2n) is 4.80. The van der Waals surface area contributed by atoms with E-state index in [4.69, 9.17) is 4.74 Å². The molecule has 1 saturated heterocycles. The Morgan fingerprint density at radius 2 is 1.52 bits per heavy atom. The zero-order valence-electron chi connectivity index (χ0n) is 12.4. The fraction of sp³-hybridized carbons (Fsp3) is 0.769. The van der Waals surface area contributed by atoms with Crippen LogP contribution in [0.2, 0.25) is 0 Å². The second-order valence-corrected chi connectivity index (χ2v) is 4.80. The summed E-state index contributed by atoms with van der Waals surface area (Å²) in [6.07, 6.45) is 0.797. The number of carbonyl (C=O) groups is 3. The molecule has 21 heavy (non-hydrogen) atoms. The molecule has 1 aliphatic rings. The Labute approximate surface area is 124 Å². The van der Waals surface area contributed by atoms with Gasteiger partial charge in [-0.05, 0) is 13.0 Å². The van der Waals surface area contributed by atoms with Gasteiger partial charge in [-0.15, -0.1) is 0 Å². The van der Waals surface area contributed by atoms with Crippen molar-refractivity contribution in [1.29, 1.82) is 0 Å². The van der Waals surface area contributed by atoms with Gasteiger partial charge in [0.25, 0.3) is 0 Å². The zero-order valence-corrected chi connectivity index (χ0v) is 12.4. The summed E-state index contributed by atoms with van der Waals surface area (Å²) in [7, 11) is 0. The maximum atomic E-state index is 11.5. The molecule has 8 nitrogen and oxygen atoms in total. The number of hydrogen-bond donors (Lipinski definition) is 3. The van der Waals surface area contributed by atoms with Crippen LogP contribution in [0.1, 0.15) is 13.3 Å². The van der Waals surface area contributed by atoms with Crippen LogP contribution < -0.4 is 16.0 Å². The first-order chi connectivity index (χ1) is 10.1. The van der Waals surface area contributed by atoms with Gasteiger partial charge in [0.05, 0.1) is 13.2 Å². The van der Waals surface area contributed by atoms with Gasteiger partial charge in [0.1, 0.15) is 0 Å². The minimum Gasteiger partial charge on any atom is -0.379 e. The van der Waals surface area contributed by atoms with Crippen molar-refractivity contribution >= 4 is 17.7 Å². The van der Waals surface area contributed by atoms with Crippen LogP contribution in [0.3, 0.4) is 0 Å². The Hall–Kier alpha value is -1.67. The van der Waals surface area contributed by atoms with Crippen LogP contribution in [0.5, 0.6) is 0 Å². The number of carbonyl (C=O) groups excluding carboxylic acids is 3. The van der Waals surface area contributed by atoms with E-state index >= 15 is 0 Å². The van der Waals surface area contributed by atoms with Gasteiger partial charge in [-0.25, -0.2) is 0 Å². The highest BCUT2D eigenvalue weighted by Gasteiger charge is 2.13. The van der Waals surface area contributed by atoms with Crippen LogP contribution in [0, 0.1) is 0 Å². The molecule has 8 heteroatoms. The predicted molar refractivity (Wildman–Crippen MR) is 76.6 cm³/mol. The molecule has 0 aromatic heterocycles. The van der Waals surface area contributed by atoms with Gasteiger partial charge in [0, 0.05) is 39.6 Å². The third-order valence-corrected chi connectivity index (χ3v) is 3.03. The first-order valence-corrected chi connectivity index (χ1v) is 7.20. The van der Waals surface area contributed by atoms with Crippen LogP contribution in [0.25, 0.3) is 0 Å². The second kappa shape index (κ2) is 10.1. The van der Waals surface area contributed by atoms with Crippen LogP contribution in [-0.4, -0.2) is 75.1 Å². The molecular weight excluding hydrogens is 276 g/mol. The van der Waals surface area contributed by atoms with Crippen LogP contribution >= 0.6 is 0 Å². The summed E-state index contributed by atoms with van der Waals surface area (Å²) in [6, 6.07) is 0. The van der Waals surface area contributed by atoms with Gasteiger partial charge in [-0.2, -0.15) is 0 Å². The summed E-state index contributed by atoms with van der Waals surface area (Å²) in [6.45, 7) is 6.62. The van der Waals surface area contributed by atoms with E-state index in [1.165, 1.54) is 6.92 Å². The lowest BCUT2D eigenvalue weighted by molar-refractivity contribution is -0.139. The fourth-order valence-electron chi connectivity index (χ4n) is 1.90. The number of hydrogen-bond acceptors (Lipinski definition) is 5. The topological polar surface area (TPSA) is 99.8 Å². The molecule has 0 radical (unpaired) electrons. The maximum Gasteiger partial charge on any atom is 0.309 e. The van der Waals surface area contributed by atoms with Crippen molar-refractivity contribution < 1.29 is 19.1 Å². The monoisotopic (exact) mass is 300 g/mol. The number of morpholine rings is 1. The molecule has 1 aliphatic heterocycles. The zero-order chi connectivity index (χ0) is 15.5. The van der Waals surface area contributed by atoms with E-state index in [0.29, 0.717) is 13.1 Å². The van der Waals surface area contributed by atoms with Gasteiger partial charge in [0.2, 0.25) is 5.91 Å². The predicted octanol–water partition coefficient (Wildman–Crippen LogP) is -1.92. The largest absolute Gasteiger partial charge is 0.379 e. The summed E-state index contributed by atoms with van der Waals surface area (Å²) in [5.74, 6) is -1.48. The lowest BCUT2D eigenvalue weighted by Crippen LogP contribution is -2.43. The Bertz CT molecular complexity index is 356. The summed E-state index contributed by atoms with van der Waals surface area (Å²) in [5.41, 5.74) is 0. The van der Waals surface area contributed by atoms with E-state index in [1.54, 1.807) is 0 Å². The fourth-order valence-corrected chi connectivity index (χ4v) is 1.90. The molecule has 1 heterocycles. The molecule has 0 unspecified atom stereocenters. The lowest BCUT2D eigenvalue weighted by atomic mass is 10.3. The summed E-state index contributed by atoms with van der Waals surface area (Å²) in [4.78, 5) is 35.8. The van der Waals surface area contributed by atoms with E-state index in [0.717, 1.165) is 39.3 Å². The normalized spacial score (nSPS) is 15.3. The first-order valence-electron chi connectivity index (χ1n) is 7.20. The summed E-state index contributed by atoms with van der Waals surface area (Å²) >= 11 is 0. The Kier molecular flexibility index (Phi) is 8.37. The van der Waals surface area contributed by atoms with E-state index in [-0.39, 0.29) is 12.5 Å². The lowest BCUT2D eigenvalue weighted by Gasteiger charge is -2.26. The van der Waals surface area contributed by atoms with Crippen molar-refractivity contribution in [2.45, 2.75) is 13.3 Å². The molecule has 0 atom stereocenters. The molecule has 120 valence electrons. The molecule has 1 fully saturated rings. The molecule has 3 N–H and O–H groups in total. The summed E-state index contributed by atoms with van der Waals surface area (Å²) < 4.78 is 5.25. The molecule has 0 aromatic carbocycles. The average Bonchev–Trinajstić information content (AvgIpc) is 2.48. The van der Waals surface area contributed by atoms with E-state index < -0.39 is 11.8 Å².